The Kier molecular flexibility index (Phi) is 4.05. The van der Waals surface area contributed by atoms with E-state index in [0.717, 1.165) is 19.6 Å². The highest BCUT2D eigenvalue weighted by molar-refractivity contribution is 7.09. The molecule has 0 saturated heterocycles. The summed E-state index contributed by atoms with van der Waals surface area (Å²) >= 11 is 1.84. The molecule has 2 nitrogen and oxygen atoms in total. The molecule has 1 aliphatic heterocycles. The first-order chi connectivity index (χ1) is 10.0. The largest absolute Gasteiger partial charge is 0.365 e. The second kappa shape index (κ2) is 5.82. The van der Waals surface area contributed by atoms with Gasteiger partial charge in [0, 0.05) is 29.7 Å². The summed E-state index contributed by atoms with van der Waals surface area (Å²) in [7, 11) is 0. The average molecular weight is 300 g/mol. The SMILES string of the molecule is CC(C)(C)C1CN(Cc2cccs2)c2ccccc2CN1. The predicted molar refractivity (Wildman–Crippen MR) is 91.9 cm³/mol. The predicted octanol–water partition coefficient (Wildman–Crippen LogP) is 4.27. The molecular weight excluding hydrogens is 276 g/mol. The fourth-order valence-corrected chi connectivity index (χ4v) is 3.63. The number of thiophene rings is 1. The van der Waals surface area contributed by atoms with Crippen LogP contribution in [-0.4, -0.2) is 12.6 Å². The van der Waals surface area contributed by atoms with Gasteiger partial charge in [-0.1, -0.05) is 45.0 Å². The van der Waals surface area contributed by atoms with Crippen molar-refractivity contribution in [3.05, 3.63) is 52.2 Å². The molecule has 3 heteroatoms. The maximum atomic E-state index is 3.75. The second-order valence-corrected chi connectivity index (χ2v) is 7.92. The molecule has 1 aliphatic rings. The van der Waals surface area contributed by atoms with Crippen LogP contribution in [0.2, 0.25) is 0 Å². The van der Waals surface area contributed by atoms with Crippen molar-refractivity contribution in [1.82, 2.24) is 5.32 Å². The van der Waals surface area contributed by atoms with E-state index in [2.05, 4.69) is 72.8 Å². The molecule has 0 aliphatic carbocycles. The highest BCUT2D eigenvalue weighted by Gasteiger charge is 2.29. The summed E-state index contributed by atoms with van der Waals surface area (Å²) in [4.78, 5) is 3.97. The van der Waals surface area contributed by atoms with Crippen LogP contribution in [0.3, 0.4) is 0 Å². The number of hydrogen-bond acceptors (Lipinski definition) is 3. The number of benzene rings is 1. The zero-order chi connectivity index (χ0) is 14.9. The lowest BCUT2D eigenvalue weighted by atomic mass is 9.86. The van der Waals surface area contributed by atoms with Gasteiger partial charge in [-0.3, -0.25) is 0 Å². The quantitative estimate of drug-likeness (QED) is 0.891. The lowest BCUT2D eigenvalue weighted by Crippen LogP contribution is -2.46. The van der Waals surface area contributed by atoms with Crippen LogP contribution >= 0.6 is 11.3 Å². The van der Waals surface area contributed by atoms with E-state index in [1.165, 1.54) is 16.1 Å². The van der Waals surface area contributed by atoms with E-state index >= 15 is 0 Å². The van der Waals surface area contributed by atoms with Gasteiger partial charge in [-0.05, 0) is 28.5 Å². The lowest BCUT2D eigenvalue weighted by molar-refractivity contribution is 0.272. The van der Waals surface area contributed by atoms with Crippen LogP contribution in [0.5, 0.6) is 0 Å². The molecule has 0 saturated carbocycles. The molecule has 0 spiro atoms. The van der Waals surface area contributed by atoms with Gasteiger partial charge in [-0.2, -0.15) is 0 Å². The molecule has 112 valence electrons. The van der Waals surface area contributed by atoms with Gasteiger partial charge in [-0.25, -0.2) is 0 Å². The van der Waals surface area contributed by atoms with Crippen molar-refractivity contribution in [2.45, 2.75) is 39.9 Å². The Morgan fingerprint density at radius 1 is 1.19 bits per heavy atom. The summed E-state index contributed by atoms with van der Waals surface area (Å²) < 4.78 is 0. The zero-order valence-corrected chi connectivity index (χ0v) is 13.9. The van der Waals surface area contributed by atoms with Crippen LogP contribution in [-0.2, 0) is 13.1 Å². The first-order valence-electron chi connectivity index (χ1n) is 7.62. The molecule has 1 atom stereocenters. The molecule has 2 aromatic rings. The molecule has 1 N–H and O–H groups in total. The van der Waals surface area contributed by atoms with Gasteiger partial charge >= 0.3 is 0 Å². The van der Waals surface area contributed by atoms with Crippen LogP contribution in [0.25, 0.3) is 0 Å². The van der Waals surface area contributed by atoms with Crippen LogP contribution in [0.1, 0.15) is 31.2 Å². The Balaban J connectivity index is 1.92. The number of nitrogens with zero attached hydrogens (tertiary/aromatic N) is 1. The summed E-state index contributed by atoms with van der Waals surface area (Å²) in [5.74, 6) is 0. The lowest BCUT2D eigenvalue weighted by Gasteiger charge is -2.34. The minimum absolute atomic E-state index is 0.260. The first-order valence-corrected chi connectivity index (χ1v) is 8.50. The molecular formula is C18H24N2S. The third-order valence-electron chi connectivity index (χ3n) is 4.25. The van der Waals surface area contributed by atoms with Crippen molar-refractivity contribution in [2.75, 3.05) is 11.4 Å². The maximum absolute atomic E-state index is 3.75. The maximum Gasteiger partial charge on any atom is 0.0523 e. The van der Waals surface area contributed by atoms with Crippen LogP contribution in [0.4, 0.5) is 5.69 Å². The molecule has 0 amide bonds. The van der Waals surface area contributed by atoms with Crippen molar-refractivity contribution in [1.29, 1.82) is 0 Å². The van der Waals surface area contributed by atoms with Gasteiger partial charge in [0.05, 0.1) is 6.54 Å². The fraction of sp³-hybridized carbons (Fsp3) is 0.444. The van der Waals surface area contributed by atoms with Gasteiger partial charge in [0.15, 0.2) is 0 Å². The number of hydrogen-bond donors (Lipinski definition) is 1. The van der Waals surface area contributed by atoms with Gasteiger partial charge in [-0.15, -0.1) is 11.3 Å². The van der Waals surface area contributed by atoms with E-state index in [1.54, 1.807) is 0 Å². The Labute approximate surface area is 131 Å². The molecule has 0 fully saturated rings. The second-order valence-electron chi connectivity index (χ2n) is 6.89. The molecule has 0 radical (unpaired) electrons. The van der Waals surface area contributed by atoms with Crippen molar-refractivity contribution in [3.63, 3.8) is 0 Å². The smallest absolute Gasteiger partial charge is 0.0523 e. The number of para-hydroxylation sites is 1. The molecule has 21 heavy (non-hydrogen) atoms. The first kappa shape index (κ1) is 14.6. The molecule has 1 unspecified atom stereocenters. The van der Waals surface area contributed by atoms with Crippen molar-refractivity contribution < 1.29 is 0 Å². The van der Waals surface area contributed by atoms with Crippen LogP contribution in [0.15, 0.2) is 41.8 Å². The fourth-order valence-electron chi connectivity index (χ4n) is 2.91. The van der Waals surface area contributed by atoms with Gasteiger partial charge in [0.2, 0.25) is 0 Å². The monoisotopic (exact) mass is 300 g/mol. The molecule has 1 aromatic heterocycles. The van der Waals surface area contributed by atoms with Crippen molar-refractivity contribution >= 4 is 17.0 Å². The minimum atomic E-state index is 0.260. The Bertz CT molecular complexity index is 584. The van der Waals surface area contributed by atoms with E-state index in [-0.39, 0.29) is 5.41 Å². The molecule has 0 bridgehead atoms. The Morgan fingerprint density at radius 3 is 2.71 bits per heavy atom. The average Bonchev–Trinajstić information content (AvgIpc) is 2.86. The molecule has 3 rings (SSSR count). The van der Waals surface area contributed by atoms with E-state index < -0.39 is 0 Å². The number of rotatable bonds is 2. The van der Waals surface area contributed by atoms with Gasteiger partial charge < -0.3 is 10.2 Å². The van der Waals surface area contributed by atoms with Gasteiger partial charge in [0.25, 0.3) is 0 Å². The normalized spacial score (nSPS) is 19.2. The van der Waals surface area contributed by atoms with Crippen LogP contribution < -0.4 is 10.2 Å². The van der Waals surface area contributed by atoms with Crippen molar-refractivity contribution in [3.8, 4) is 0 Å². The summed E-state index contributed by atoms with van der Waals surface area (Å²) in [6.45, 7) is 9.98. The third kappa shape index (κ3) is 3.30. The summed E-state index contributed by atoms with van der Waals surface area (Å²) in [6, 6.07) is 13.7. The van der Waals surface area contributed by atoms with E-state index in [4.69, 9.17) is 0 Å². The van der Waals surface area contributed by atoms with Crippen molar-refractivity contribution in [2.24, 2.45) is 5.41 Å². The number of anilines is 1. The zero-order valence-electron chi connectivity index (χ0n) is 13.1. The van der Waals surface area contributed by atoms with Crippen LogP contribution in [0, 0.1) is 5.41 Å². The molecule has 1 aromatic carbocycles. The summed E-state index contributed by atoms with van der Waals surface area (Å²) in [5, 5.41) is 5.91. The van der Waals surface area contributed by atoms with Gasteiger partial charge in [0.1, 0.15) is 0 Å². The van der Waals surface area contributed by atoms with E-state index in [0.29, 0.717) is 6.04 Å². The highest BCUT2D eigenvalue weighted by atomic mass is 32.1. The topological polar surface area (TPSA) is 15.3 Å². The van der Waals surface area contributed by atoms with E-state index in [1.807, 2.05) is 11.3 Å². The van der Waals surface area contributed by atoms with E-state index in [9.17, 15) is 0 Å². The number of nitrogens with one attached hydrogen (secondary N) is 1. The Morgan fingerprint density at radius 2 is 2.00 bits per heavy atom. The highest BCUT2D eigenvalue weighted by Crippen LogP contribution is 2.30. The third-order valence-corrected chi connectivity index (χ3v) is 5.11. The molecule has 2 heterocycles. The standard InChI is InChI=1S/C18H24N2S/c1-18(2,3)17-13-20(12-15-8-6-10-21-15)16-9-5-4-7-14(16)11-19-17/h4-10,17,19H,11-13H2,1-3H3. The minimum Gasteiger partial charge on any atom is -0.365 e. The summed E-state index contributed by atoms with van der Waals surface area (Å²) in [5.41, 5.74) is 3.04. The number of fused-ring (bicyclic) bond motifs is 1. The Hall–Kier alpha value is -1.32. The summed E-state index contributed by atoms with van der Waals surface area (Å²) in [6.07, 6.45) is 0.